The molecule has 0 aromatic carbocycles. The first-order valence-corrected chi connectivity index (χ1v) is 5.67. The van der Waals surface area contributed by atoms with E-state index in [1.165, 1.54) is 6.33 Å². The molecule has 0 radical (unpaired) electrons. The Morgan fingerprint density at radius 1 is 1.50 bits per heavy atom. The number of aromatic nitrogens is 2. The number of rotatable bonds is 1. The maximum absolute atomic E-state index is 12.1. The molecule has 1 amide bonds. The molecule has 84 valence electrons. The predicted octanol–water partition coefficient (Wildman–Crippen LogP) is 0.184. The van der Waals surface area contributed by atoms with Gasteiger partial charge in [-0.25, -0.2) is 9.97 Å². The minimum absolute atomic E-state index is 0.0873. The van der Waals surface area contributed by atoms with Gasteiger partial charge in [0.2, 0.25) is 0 Å². The van der Waals surface area contributed by atoms with Gasteiger partial charge in [0.05, 0.1) is 17.8 Å². The second kappa shape index (κ2) is 3.83. The van der Waals surface area contributed by atoms with Crippen LogP contribution in [0.4, 0.5) is 0 Å². The molecule has 2 aliphatic rings. The van der Waals surface area contributed by atoms with Crippen LogP contribution < -0.4 is 5.32 Å². The quantitative estimate of drug-likeness (QED) is 0.730. The summed E-state index contributed by atoms with van der Waals surface area (Å²) in [4.78, 5) is 22.1. The van der Waals surface area contributed by atoms with E-state index in [0.717, 1.165) is 31.6 Å². The molecule has 0 saturated carbocycles. The third-order valence-electron chi connectivity index (χ3n) is 3.32. The zero-order chi connectivity index (χ0) is 11.0. The molecular formula is C11H14N4O. The summed E-state index contributed by atoms with van der Waals surface area (Å²) in [5, 5.41) is 3.33. The summed E-state index contributed by atoms with van der Waals surface area (Å²) in [7, 11) is 0. The van der Waals surface area contributed by atoms with Gasteiger partial charge in [-0.15, -0.1) is 0 Å². The van der Waals surface area contributed by atoms with Crippen molar-refractivity contribution in [2.24, 2.45) is 0 Å². The van der Waals surface area contributed by atoms with E-state index in [9.17, 15) is 4.79 Å². The van der Waals surface area contributed by atoms with Gasteiger partial charge in [-0.1, -0.05) is 0 Å². The number of hydrogen-bond acceptors (Lipinski definition) is 4. The number of nitrogens with one attached hydrogen (secondary N) is 1. The predicted molar refractivity (Wildman–Crippen MR) is 57.8 cm³/mol. The first kappa shape index (κ1) is 9.72. The summed E-state index contributed by atoms with van der Waals surface area (Å²) in [5.74, 6) is 0.0873. The minimum atomic E-state index is 0.0873. The van der Waals surface area contributed by atoms with Crippen LogP contribution in [0.3, 0.4) is 0 Å². The van der Waals surface area contributed by atoms with E-state index in [0.29, 0.717) is 18.2 Å². The Balaban J connectivity index is 1.83. The van der Waals surface area contributed by atoms with Crippen LogP contribution in [-0.2, 0) is 6.54 Å². The van der Waals surface area contributed by atoms with Gasteiger partial charge >= 0.3 is 0 Å². The highest BCUT2D eigenvalue weighted by Gasteiger charge is 2.34. The zero-order valence-electron chi connectivity index (χ0n) is 9.02. The lowest BCUT2D eigenvalue weighted by Gasteiger charge is -2.31. The third kappa shape index (κ3) is 1.48. The van der Waals surface area contributed by atoms with Crippen LogP contribution >= 0.6 is 0 Å². The molecule has 1 saturated heterocycles. The van der Waals surface area contributed by atoms with Crippen molar-refractivity contribution in [3.05, 3.63) is 23.8 Å². The maximum atomic E-state index is 12.1. The highest BCUT2D eigenvalue weighted by Crippen LogP contribution is 2.24. The van der Waals surface area contributed by atoms with Crippen molar-refractivity contribution < 1.29 is 4.79 Å². The Morgan fingerprint density at radius 3 is 3.19 bits per heavy atom. The van der Waals surface area contributed by atoms with Crippen LogP contribution in [0.25, 0.3) is 0 Å². The van der Waals surface area contributed by atoms with Crippen molar-refractivity contribution in [3.8, 4) is 0 Å². The molecule has 1 N–H and O–H groups in total. The van der Waals surface area contributed by atoms with Gasteiger partial charge in [-0.05, 0) is 19.4 Å². The molecule has 0 aliphatic carbocycles. The Hall–Kier alpha value is -1.49. The highest BCUT2D eigenvalue weighted by molar-refractivity contribution is 5.97. The number of carbonyl (C=O) groups is 1. The van der Waals surface area contributed by atoms with Gasteiger partial charge in [0, 0.05) is 18.8 Å². The van der Waals surface area contributed by atoms with Crippen molar-refractivity contribution in [1.82, 2.24) is 20.2 Å². The Kier molecular flexibility index (Phi) is 2.32. The fourth-order valence-electron chi connectivity index (χ4n) is 2.44. The van der Waals surface area contributed by atoms with Crippen LogP contribution in [0.2, 0.25) is 0 Å². The number of hydrogen-bond donors (Lipinski definition) is 1. The highest BCUT2D eigenvalue weighted by atomic mass is 16.2. The number of piperidine rings is 1. The van der Waals surface area contributed by atoms with Crippen LogP contribution in [-0.4, -0.2) is 39.9 Å². The van der Waals surface area contributed by atoms with E-state index in [1.807, 2.05) is 4.90 Å². The zero-order valence-corrected chi connectivity index (χ0v) is 9.02. The van der Waals surface area contributed by atoms with Gasteiger partial charge in [0.1, 0.15) is 6.33 Å². The molecule has 5 heteroatoms. The Bertz CT molecular complexity index is 414. The molecule has 3 rings (SSSR count). The monoisotopic (exact) mass is 218 g/mol. The van der Waals surface area contributed by atoms with E-state index in [4.69, 9.17) is 0 Å². The smallest absolute Gasteiger partial charge is 0.258 e. The van der Waals surface area contributed by atoms with E-state index in [-0.39, 0.29) is 5.91 Å². The van der Waals surface area contributed by atoms with E-state index < -0.39 is 0 Å². The SMILES string of the molecule is O=C1c2cncnc2CN1C1CCCNC1. The van der Waals surface area contributed by atoms with E-state index in [2.05, 4.69) is 15.3 Å². The molecule has 5 nitrogen and oxygen atoms in total. The second-order valence-corrected chi connectivity index (χ2v) is 4.32. The first-order chi connectivity index (χ1) is 7.86. The Labute approximate surface area is 93.9 Å². The van der Waals surface area contributed by atoms with E-state index in [1.54, 1.807) is 6.20 Å². The molecule has 3 heterocycles. The van der Waals surface area contributed by atoms with Crippen LogP contribution in [0.1, 0.15) is 28.9 Å². The van der Waals surface area contributed by atoms with Crippen molar-refractivity contribution in [1.29, 1.82) is 0 Å². The van der Waals surface area contributed by atoms with Crippen molar-refractivity contribution in [2.45, 2.75) is 25.4 Å². The summed E-state index contributed by atoms with van der Waals surface area (Å²) in [6, 6.07) is 0.315. The van der Waals surface area contributed by atoms with Crippen LogP contribution in [0, 0.1) is 0 Å². The fourth-order valence-corrected chi connectivity index (χ4v) is 2.44. The topological polar surface area (TPSA) is 58.1 Å². The molecule has 1 fully saturated rings. The van der Waals surface area contributed by atoms with Crippen LogP contribution in [0.5, 0.6) is 0 Å². The summed E-state index contributed by atoms with van der Waals surface area (Å²) in [6.07, 6.45) is 5.35. The van der Waals surface area contributed by atoms with Crippen molar-refractivity contribution >= 4 is 5.91 Å². The number of amides is 1. The average Bonchev–Trinajstić information content (AvgIpc) is 2.69. The molecule has 2 aliphatic heterocycles. The summed E-state index contributed by atoms with van der Waals surface area (Å²) >= 11 is 0. The van der Waals surface area contributed by atoms with Crippen molar-refractivity contribution in [2.75, 3.05) is 13.1 Å². The fraction of sp³-hybridized carbons (Fsp3) is 0.545. The molecule has 1 aromatic rings. The third-order valence-corrected chi connectivity index (χ3v) is 3.32. The molecular weight excluding hydrogens is 204 g/mol. The van der Waals surface area contributed by atoms with Gasteiger partial charge in [-0.3, -0.25) is 4.79 Å². The number of fused-ring (bicyclic) bond motifs is 1. The summed E-state index contributed by atoms with van der Waals surface area (Å²) < 4.78 is 0. The molecule has 1 unspecified atom stereocenters. The number of carbonyl (C=O) groups excluding carboxylic acids is 1. The van der Waals surface area contributed by atoms with E-state index >= 15 is 0 Å². The lowest BCUT2D eigenvalue weighted by Crippen LogP contribution is -2.46. The maximum Gasteiger partial charge on any atom is 0.258 e. The second-order valence-electron chi connectivity index (χ2n) is 4.32. The first-order valence-electron chi connectivity index (χ1n) is 5.67. The van der Waals surface area contributed by atoms with Crippen LogP contribution in [0.15, 0.2) is 12.5 Å². The largest absolute Gasteiger partial charge is 0.328 e. The lowest BCUT2D eigenvalue weighted by molar-refractivity contribution is 0.0673. The molecule has 1 aromatic heterocycles. The normalized spacial score (nSPS) is 24.6. The van der Waals surface area contributed by atoms with Gasteiger partial charge in [0.25, 0.3) is 5.91 Å². The molecule has 1 atom stereocenters. The van der Waals surface area contributed by atoms with Gasteiger partial charge in [-0.2, -0.15) is 0 Å². The average molecular weight is 218 g/mol. The van der Waals surface area contributed by atoms with Crippen molar-refractivity contribution in [3.63, 3.8) is 0 Å². The standard InChI is InChI=1S/C11H14N4O/c16-11-9-5-13-7-14-10(9)6-15(11)8-2-1-3-12-4-8/h5,7-8,12H,1-4,6H2. The minimum Gasteiger partial charge on any atom is -0.328 e. The van der Waals surface area contributed by atoms with Gasteiger partial charge < -0.3 is 10.2 Å². The molecule has 16 heavy (non-hydrogen) atoms. The summed E-state index contributed by atoms with van der Waals surface area (Å²) in [5.41, 5.74) is 1.54. The molecule has 0 spiro atoms. The molecule has 0 bridgehead atoms. The van der Waals surface area contributed by atoms with Gasteiger partial charge in [0.15, 0.2) is 0 Å². The summed E-state index contributed by atoms with van der Waals surface area (Å²) in [6.45, 7) is 2.60. The Morgan fingerprint density at radius 2 is 2.44 bits per heavy atom. The lowest BCUT2D eigenvalue weighted by atomic mass is 10.1. The number of nitrogens with zero attached hydrogens (tertiary/aromatic N) is 3.